The lowest BCUT2D eigenvalue weighted by atomic mass is 10.1. The molecule has 0 unspecified atom stereocenters. The van der Waals surface area contributed by atoms with Crippen molar-refractivity contribution < 1.29 is 19.1 Å². The van der Waals surface area contributed by atoms with Gasteiger partial charge >= 0.3 is 0 Å². The summed E-state index contributed by atoms with van der Waals surface area (Å²) in [7, 11) is 1.59. The van der Waals surface area contributed by atoms with E-state index in [9.17, 15) is 9.59 Å². The first kappa shape index (κ1) is 22.3. The van der Waals surface area contributed by atoms with Crippen LogP contribution in [-0.4, -0.2) is 43.0 Å². The zero-order valence-corrected chi connectivity index (χ0v) is 17.6. The van der Waals surface area contributed by atoms with Gasteiger partial charge in [-0.3, -0.25) is 9.59 Å². The number of nitrogens with zero attached hydrogens (tertiary/aromatic N) is 1. The van der Waals surface area contributed by atoms with Gasteiger partial charge in [0, 0.05) is 13.1 Å². The molecule has 6 nitrogen and oxygen atoms in total. The molecule has 0 aliphatic rings. The molecule has 156 valence electrons. The van der Waals surface area contributed by atoms with Crippen LogP contribution >= 0.6 is 0 Å². The summed E-state index contributed by atoms with van der Waals surface area (Å²) in [6.45, 7) is 6.48. The molecule has 0 fully saturated rings. The lowest BCUT2D eigenvalue weighted by Crippen LogP contribution is -2.49. The number of carbonyl (C=O) groups excluding carboxylic acids is 2. The Labute approximate surface area is 172 Å². The Morgan fingerprint density at radius 3 is 2.34 bits per heavy atom. The zero-order valence-electron chi connectivity index (χ0n) is 17.6. The Bertz CT molecular complexity index is 792. The van der Waals surface area contributed by atoms with Crippen LogP contribution in [0.3, 0.4) is 0 Å². The third-order valence-corrected chi connectivity index (χ3v) is 4.44. The van der Waals surface area contributed by atoms with Gasteiger partial charge in [0.25, 0.3) is 5.91 Å². The van der Waals surface area contributed by atoms with Crippen molar-refractivity contribution in [2.45, 2.75) is 33.4 Å². The molecule has 1 N–H and O–H groups in total. The second kappa shape index (κ2) is 11.1. The Balaban J connectivity index is 2.14. The fraction of sp³-hybridized carbons (Fsp3) is 0.391. The van der Waals surface area contributed by atoms with Crippen LogP contribution in [-0.2, 0) is 16.1 Å². The standard InChI is InChI=1S/C23H30N2O4/c1-17(2)14-24-23(27)18(3)25(15-19-9-8-12-21(13-19)28-4)22(26)16-29-20-10-6-5-7-11-20/h5-13,17-18H,14-16H2,1-4H3,(H,24,27)/t18-/m1/s1. The maximum atomic E-state index is 12.9. The summed E-state index contributed by atoms with van der Waals surface area (Å²) < 4.78 is 10.9. The van der Waals surface area contributed by atoms with Crippen molar-refractivity contribution in [3.8, 4) is 11.5 Å². The maximum Gasteiger partial charge on any atom is 0.261 e. The topological polar surface area (TPSA) is 67.9 Å². The van der Waals surface area contributed by atoms with Gasteiger partial charge in [-0.2, -0.15) is 0 Å². The van der Waals surface area contributed by atoms with Crippen molar-refractivity contribution in [2.75, 3.05) is 20.3 Å². The van der Waals surface area contributed by atoms with Crippen molar-refractivity contribution in [1.29, 1.82) is 0 Å². The zero-order chi connectivity index (χ0) is 21.2. The number of amides is 2. The van der Waals surface area contributed by atoms with Crippen molar-refractivity contribution in [3.05, 3.63) is 60.2 Å². The summed E-state index contributed by atoms with van der Waals surface area (Å²) in [6, 6.07) is 16.0. The molecule has 2 aromatic rings. The minimum absolute atomic E-state index is 0.143. The predicted molar refractivity (Wildman–Crippen MR) is 113 cm³/mol. The molecule has 6 heteroatoms. The molecule has 2 aromatic carbocycles. The van der Waals surface area contributed by atoms with Crippen LogP contribution in [0, 0.1) is 5.92 Å². The van der Waals surface area contributed by atoms with Gasteiger partial charge in [-0.25, -0.2) is 0 Å². The summed E-state index contributed by atoms with van der Waals surface area (Å²) in [6.07, 6.45) is 0. The van der Waals surface area contributed by atoms with Gasteiger partial charge in [-0.1, -0.05) is 44.2 Å². The lowest BCUT2D eigenvalue weighted by Gasteiger charge is -2.29. The molecule has 1 atom stereocenters. The van der Waals surface area contributed by atoms with Crippen molar-refractivity contribution in [1.82, 2.24) is 10.2 Å². The van der Waals surface area contributed by atoms with Gasteiger partial charge in [0.05, 0.1) is 7.11 Å². The van der Waals surface area contributed by atoms with Crippen molar-refractivity contribution in [2.24, 2.45) is 5.92 Å². The third kappa shape index (κ3) is 7.14. The van der Waals surface area contributed by atoms with Crippen LogP contribution in [0.5, 0.6) is 11.5 Å². The van der Waals surface area contributed by atoms with Gasteiger partial charge in [-0.05, 0) is 42.7 Å². The van der Waals surface area contributed by atoms with Crippen LogP contribution in [0.4, 0.5) is 0 Å². The molecule has 0 radical (unpaired) electrons. The third-order valence-electron chi connectivity index (χ3n) is 4.44. The quantitative estimate of drug-likeness (QED) is 0.667. The first-order chi connectivity index (χ1) is 13.9. The number of nitrogens with one attached hydrogen (secondary N) is 1. The van der Waals surface area contributed by atoms with E-state index in [-0.39, 0.29) is 25.0 Å². The number of rotatable bonds is 10. The fourth-order valence-electron chi connectivity index (χ4n) is 2.75. The second-order valence-corrected chi connectivity index (χ2v) is 7.29. The molecule has 0 heterocycles. The molecule has 0 aliphatic heterocycles. The molecule has 0 bridgehead atoms. The van der Waals surface area contributed by atoms with E-state index in [4.69, 9.17) is 9.47 Å². The molecule has 29 heavy (non-hydrogen) atoms. The van der Waals surface area contributed by atoms with E-state index in [0.717, 1.165) is 5.56 Å². The van der Waals surface area contributed by atoms with E-state index in [0.29, 0.717) is 24.0 Å². The Morgan fingerprint density at radius 2 is 1.69 bits per heavy atom. The van der Waals surface area contributed by atoms with E-state index in [2.05, 4.69) is 5.32 Å². The highest BCUT2D eigenvalue weighted by molar-refractivity contribution is 5.87. The molecule has 0 aromatic heterocycles. The number of hydrogen-bond acceptors (Lipinski definition) is 4. The molecule has 0 saturated carbocycles. The molecule has 2 rings (SSSR count). The van der Waals surface area contributed by atoms with E-state index >= 15 is 0 Å². The molecular weight excluding hydrogens is 368 g/mol. The van der Waals surface area contributed by atoms with E-state index in [1.54, 1.807) is 26.2 Å². The molecular formula is C23H30N2O4. The monoisotopic (exact) mass is 398 g/mol. The van der Waals surface area contributed by atoms with Gasteiger partial charge in [-0.15, -0.1) is 0 Å². The smallest absolute Gasteiger partial charge is 0.261 e. The van der Waals surface area contributed by atoms with Gasteiger partial charge < -0.3 is 19.7 Å². The minimum atomic E-state index is -0.633. The highest BCUT2D eigenvalue weighted by Gasteiger charge is 2.26. The molecule has 0 saturated heterocycles. The maximum absolute atomic E-state index is 12.9. The summed E-state index contributed by atoms with van der Waals surface area (Å²) in [5, 5.41) is 2.90. The highest BCUT2D eigenvalue weighted by atomic mass is 16.5. The van der Waals surface area contributed by atoms with E-state index in [1.165, 1.54) is 4.90 Å². The fourth-order valence-corrected chi connectivity index (χ4v) is 2.75. The first-order valence-corrected chi connectivity index (χ1v) is 9.78. The Kier molecular flexibility index (Phi) is 8.52. The van der Waals surface area contributed by atoms with Gasteiger partial charge in [0.1, 0.15) is 17.5 Å². The van der Waals surface area contributed by atoms with Crippen LogP contribution in [0.15, 0.2) is 54.6 Å². The average Bonchev–Trinajstić information content (AvgIpc) is 2.74. The summed E-state index contributed by atoms with van der Waals surface area (Å²) in [4.78, 5) is 27.1. The summed E-state index contributed by atoms with van der Waals surface area (Å²) in [5.41, 5.74) is 0.876. The second-order valence-electron chi connectivity index (χ2n) is 7.29. The average molecular weight is 399 g/mol. The molecule has 0 aliphatic carbocycles. The molecule has 0 spiro atoms. The SMILES string of the molecule is COc1cccc(CN(C(=O)COc2ccccc2)[C@H](C)C(=O)NCC(C)C)c1. The van der Waals surface area contributed by atoms with Crippen LogP contribution in [0.2, 0.25) is 0 Å². The van der Waals surface area contributed by atoms with Crippen molar-refractivity contribution >= 4 is 11.8 Å². The number of carbonyl (C=O) groups is 2. The van der Waals surface area contributed by atoms with Crippen LogP contribution in [0.25, 0.3) is 0 Å². The van der Waals surface area contributed by atoms with E-state index in [1.807, 2.05) is 56.3 Å². The number of hydrogen-bond donors (Lipinski definition) is 1. The van der Waals surface area contributed by atoms with Crippen molar-refractivity contribution in [3.63, 3.8) is 0 Å². The van der Waals surface area contributed by atoms with Crippen LogP contribution in [0.1, 0.15) is 26.3 Å². The predicted octanol–water partition coefficient (Wildman–Crippen LogP) is 3.26. The summed E-state index contributed by atoms with van der Waals surface area (Å²) >= 11 is 0. The van der Waals surface area contributed by atoms with E-state index < -0.39 is 6.04 Å². The lowest BCUT2D eigenvalue weighted by molar-refractivity contribution is -0.142. The Hall–Kier alpha value is -3.02. The van der Waals surface area contributed by atoms with Crippen LogP contribution < -0.4 is 14.8 Å². The Morgan fingerprint density at radius 1 is 1.00 bits per heavy atom. The number of benzene rings is 2. The first-order valence-electron chi connectivity index (χ1n) is 9.78. The minimum Gasteiger partial charge on any atom is -0.497 e. The number of ether oxygens (including phenoxy) is 2. The molecule has 2 amide bonds. The normalized spacial score (nSPS) is 11.6. The number of methoxy groups -OCH3 is 1. The largest absolute Gasteiger partial charge is 0.497 e. The number of para-hydroxylation sites is 1. The van der Waals surface area contributed by atoms with Gasteiger partial charge in [0.2, 0.25) is 5.91 Å². The highest BCUT2D eigenvalue weighted by Crippen LogP contribution is 2.17. The van der Waals surface area contributed by atoms with Gasteiger partial charge in [0.15, 0.2) is 6.61 Å². The summed E-state index contributed by atoms with van der Waals surface area (Å²) in [5.74, 6) is 1.19.